The highest BCUT2D eigenvalue weighted by Crippen LogP contribution is 2.40. The number of nitrogens with one attached hydrogen (secondary N) is 1. The van der Waals surface area contributed by atoms with Crippen molar-refractivity contribution >= 4 is 27.5 Å². The Kier molecular flexibility index (Phi) is 6.61. The van der Waals surface area contributed by atoms with Crippen LogP contribution in [0.2, 0.25) is 0 Å². The summed E-state index contributed by atoms with van der Waals surface area (Å²) in [4.78, 5) is 30.1. The molecule has 0 spiro atoms. The smallest absolute Gasteiger partial charge is 0.280 e. The molecule has 0 radical (unpaired) electrons. The summed E-state index contributed by atoms with van der Waals surface area (Å²) in [6.07, 6.45) is 1.84. The molecule has 0 atom stereocenters. The van der Waals surface area contributed by atoms with Crippen LogP contribution in [0, 0.1) is 0 Å². The number of hydrogen-bond acceptors (Lipinski definition) is 8. The summed E-state index contributed by atoms with van der Waals surface area (Å²) in [5, 5.41) is 0. The quantitative estimate of drug-likeness (QED) is 0.448. The Hall–Kier alpha value is -4.12. The average Bonchev–Trinajstić information content (AvgIpc) is 3.11. The molecular weight excluding hydrogens is 474 g/mol. The molecule has 3 aromatic rings. The van der Waals surface area contributed by atoms with Crippen LogP contribution in [0.3, 0.4) is 0 Å². The van der Waals surface area contributed by atoms with Crippen LogP contribution in [-0.4, -0.2) is 58.0 Å². The van der Waals surface area contributed by atoms with E-state index >= 15 is 0 Å². The lowest BCUT2D eigenvalue weighted by Crippen LogP contribution is -2.31. The number of fused-ring (bicyclic) bond motifs is 1. The molecule has 0 bridgehead atoms. The minimum Gasteiger partial charge on any atom is -0.493 e. The third-order valence-electron chi connectivity index (χ3n) is 5.51. The Labute approximate surface area is 202 Å². The van der Waals surface area contributed by atoms with Gasteiger partial charge in [0.05, 0.1) is 37.5 Å². The summed E-state index contributed by atoms with van der Waals surface area (Å²) < 4.78 is 44.1. The Morgan fingerprint density at radius 2 is 1.57 bits per heavy atom. The zero-order valence-electron chi connectivity index (χ0n) is 19.3. The van der Waals surface area contributed by atoms with Crippen LogP contribution in [-0.2, 0) is 16.4 Å². The number of ether oxygens (including phenoxy) is 3. The average molecular weight is 498 g/mol. The molecule has 0 saturated carbocycles. The van der Waals surface area contributed by atoms with Crippen LogP contribution in [0.4, 0.5) is 5.69 Å². The van der Waals surface area contributed by atoms with Gasteiger partial charge in [-0.3, -0.25) is 24.2 Å². The van der Waals surface area contributed by atoms with E-state index in [-0.39, 0.29) is 34.3 Å². The minimum absolute atomic E-state index is 0.0416. The topological polar surface area (TPSA) is 124 Å². The molecule has 182 valence electrons. The van der Waals surface area contributed by atoms with Crippen LogP contribution >= 0.6 is 0 Å². The summed E-state index contributed by atoms with van der Waals surface area (Å²) >= 11 is 0. The molecule has 2 heterocycles. The molecule has 1 aromatic heterocycles. The maximum absolute atomic E-state index is 12.9. The van der Waals surface area contributed by atoms with Crippen molar-refractivity contribution in [3.8, 4) is 17.2 Å². The van der Waals surface area contributed by atoms with Crippen molar-refractivity contribution < 1.29 is 32.2 Å². The number of rotatable bonds is 9. The highest BCUT2D eigenvalue weighted by molar-refractivity contribution is 7.92. The SMILES string of the molecule is COc1cc(NS(=O)(=O)c2ccc(CCN3C(=O)c4cccnc4C3=O)cc2)cc(OC)c1OC. The molecule has 11 heteroatoms. The van der Waals surface area contributed by atoms with E-state index in [1.54, 1.807) is 24.3 Å². The molecule has 0 unspecified atom stereocenters. The van der Waals surface area contributed by atoms with E-state index < -0.39 is 15.9 Å². The third-order valence-corrected chi connectivity index (χ3v) is 6.90. The van der Waals surface area contributed by atoms with Gasteiger partial charge in [-0.25, -0.2) is 8.42 Å². The second-order valence-electron chi connectivity index (χ2n) is 7.57. The van der Waals surface area contributed by atoms with Crippen LogP contribution in [0.25, 0.3) is 0 Å². The highest BCUT2D eigenvalue weighted by Gasteiger charge is 2.36. The fourth-order valence-electron chi connectivity index (χ4n) is 3.75. The molecule has 1 aliphatic rings. The second kappa shape index (κ2) is 9.63. The Morgan fingerprint density at radius 3 is 2.14 bits per heavy atom. The predicted molar refractivity (Wildman–Crippen MR) is 127 cm³/mol. The zero-order valence-corrected chi connectivity index (χ0v) is 20.1. The Balaban J connectivity index is 1.46. The Morgan fingerprint density at radius 1 is 0.914 bits per heavy atom. The summed E-state index contributed by atoms with van der Waals surface area (Å²) in [6, 6.07) is 12.4. The van der Waals surface area contributed by atoms with Crippen molar-refractivity contribution in [2.45, 2.75) is 11.3 Å². The number of amides is 2. The molecule has 0 saturated heterocycles. The number of pyridine rings is 1. The first-order chi connectivity index (χ1) is 16.8. The molecule has 0 aliphatic carbocycles. The lowest BCUT2D eigenvalue weighted by atomic mass is 10.1. The molecule has 1 N–H and O–H groups in total. The van der Waals surface area contributed by atoms with Crippen molar-refractivity contribution in [3.63, 3.8) is 0 Å². The van der Waals surface area contributed by atoms with Crippen LogP contribution in [0.15, 0.2) is 59.6 Å². The molecule has 4 rings (SSSR count). The molecule has 0 fully saturated rings. The lowest BCUT2D eigenvalue weighted by Gasteiger charge is -2.15. The number of imide groups is 1. The summed E-state index contributed by atoms with van der Waals surface area (Å²) in [7, 11) is 0.417. The van der Waals surface area contributed by atoms with Gasteiger partial charge in [0.15, 0.2) is 11.5 Å². The van der Waals surface area contributed by atoms with Crippen molar-refractivity contribution in [3.05, 3.63) is 71.5 Å². The standard InChI is InChI=1S/C24H23N3O7S/c1-32-19-13-16(14-20(33-2)22(19)34-3)26-35(30,31)17-8-6-15(7-9-17)10-12-27-23(28)18-5-4-11-25-21(18)24(27)29/h4-9,11,13-14,26H,10,12H2,1-3H3. The number of methoxy groups -OCH3 is 3. The number of carbonyl (C=O) groups excluding carboxylic acids is 2. The minimum atomic E-state index is -3.91. The number of aromatic nitrogens is 1. The molecule has 35 heavy (non-hydrogen) atoms. The molecule has 10 nitrogen and oxygen atoms in total. The number of hydrogen-bond donors (Lipinski definition) is 1. The van der Waals surface area contributed by atoms with Crippen LogP contribution in [0.5, 0.6) is 17.2 Å². The molecule has 2 amide bonds. The van der Waals surface area contributed by atoms with Crippen molar-refractivity contribution in [1.82, 2.24) is 9.88 Å². The van der Waals surface area contributed by atoms with Gasteiger partial charge in [-0.05, 0) is 36.2 Å². The van der Waals surface area contributed by atoms with Crippen molar-refractivity contribution in [1.29, 1.82) is 0 Å². The van der Waals surface area contributed by atoms with E-state index in [2.05, 4.69) is 9.71 Å². The largest absolute Gasteiger partial charge is 0.493 e. The van der Waals surface area contributed by atoms with E-state index in [0.717, 1.165) is 10.5 Å². The normalized spacial score (nSPS) is 12.9. The van der Waals surface area contributed by atoms with E-state index in [9.17, 15) is 18.0 Å². The second-order valence-corrected chi connectivity index (χ2v) is 9.26. The van der Waals surface area contributed by atoms with Crippen molar-refractivity contribution in [2.24, 2.45) is 0 Å². The number of carbonyl (C=O) groups is 2. The van der Waals surface area contributed by atoms with E-state index in [4.69, 9.17) is 14.2 Å². The first-order valence-corrected chi connectivity index (χ1v) is 12.0. The summed E-state index contributed by atoms with van der Waals surface area (Å²) in [5.74, 6) is 0.147. The summed E-state index contributed by atoms with van der Waals surface area (Å²) in [5.41, 5.74) is 1.44. The van der Waals surface area contributed by atoms with E-state index in [0.29, 0.717) is 23.7 Å². The fourth-order valence-corrected chi connectivity index (χ4v) is 4.79. The molecule has 1 aliphatic heterocycles. The maximum atomic E-state index is 12.9. The van der Waals surface area contributed by atoms with E-state index in [1.165, 1.54) is 51.8 Å². The number of anilines is 1. The van der Waals surface area contributed by atoms with Gasteiger partial charge in [0.2, 0.25) is 5.75 Å². The molecular formula is C24H23N3O7S. The first kappa shape index (κ1) is 24.0. The van der Waals surface area contributed by atoms with Gasteiger partial charge >= 0.3 is 0 Å². The maximum Gasteiger partial charge on any atom is 0.280 e. The van der Waals surface area contributed by atoms with E-state index in [1.807, 2.05) is 0 Å². The monoisotopic (exact) mass is 497 g/mol. The zero-order chi connectivity index (χ0) is 25.2. The Bertz CT molecular complexity index is 1330. The van der Waals surface area contributed by atoms with Gasteiger partial charge in [-0.2, -0.15) is 0 Å². The van der Waals surface area contributed by atoms with Crippen molar-refractivity contribution in [2.75, 3.05) is 32.6 Å². The fraction of sp³-hybridized carbons (Fsp3) is 0.208. The van der Waals surface area contributed by atoms with Crippen LogP contribution < -0.4 is 18.9 Å². The van der Waals surface area contributed by atoms with Gasteiger partial charge in [-0.15, -0.1) is 0 Å². The number of sulfonamides is 1. The lowest BCUT2D eigenvalue weighted by molar-refractivity contribution is 0.0654. The number of nitrogens with zero attached hydrogens (tertiary/aromatic N) is 2. The first-order valence-electron chi connectivity index (χ1n) is 10.5. The van der Waals surface area contributed by atoms with Gasteiger partial charge in [0.25, 0.3) is 21.8 Å². The van der Waals surface area contributed by atoms with Crippen LogP contribution in [0.1, 0.15) is 26.4 Å². The summed E-state index contributed by atoms with van der Waals surface area (Å²) in [6.45, 7) is 0.157. The molecule has 2 aromatic carbocycles. The third kappa shape index (κ3) is 4.62. The highest BCUT2D eigenvalue weighted by atomic mass is 32.2. The van der Waals surface area contributed by atoms with Gasteiger partial charge in [0, 0.05) is 24.9 Å². The van der Waals surface area contributed by atoms with Gasteiger partial charge < -0.3 is 14.2 Å². The van der Waals surface area contributed by atoms with Gasteiger partial charge in [0.1, 0.15) is 5.69 Å². The predicted octanol–water partition coefficient (Wildman–Crippen LogP) is 2.75. The number of benzene rings is 2. The van der Waals surface area contributed by atoms with Gasteiger partial charge in [-0.1, -0.05) is 12.1 Å².